The molecule has 1 saturated carbocycles. The van der Waals surface area contributed by atoms with E-state index >= 15 is 0 Å². The fourth-order valence-electron chi connectivity index (χ4n) is 1.31. The van der Waals surface area contributed by atoms with Gasteiger partial charge in [0, 0.05) is 19.6 Å². The van der Waals surface area contributed by atoms with E-state index in [1.165, 1.54) is 0 Å². The SMILES string of the molecule is COC(C)CNC(=O)c1n[nH]c(C2CC2)n1. The largest absolute Gasteiger partial charge is 0.380 e. The topological polar surface area (TPSA) is 79.9 Å². The second-order valence-electron chi connectivity index (χ2n) is 4.07. The van der Waals surface area contributed by atoms with Crippen LogP contribution in [0.2, 0.25) is 0 Å². The number of carbonyl (C=O) groups is 1. The molecule has 0 saturated heterocycles. The number of amides is 1. The fourth-order valence-corrected chi connectivity index (χ4v) is 1.31. The lowest BCUT2D eigenvalue weighted by Gasteiger charge is -2.08. The van der Waals surface area contributed by atoms with Crippen LogP contribution in [-0.4, -0.2) is 40.8 Å². The van der Waals surface area contributed by atoms with Gasteiger partial charge < -0.3 is 10.1 Å². The van der Waals surface area contributed by atoms with Crippen molar-refractivity contribution in [3.05, 3.63) is 11.6 Å². The Balaban J connectivity index is 1.87. The number of rotatable bonds is 5. The minimum Gasteiger partial charge on any atom is -0.380 e. The van der Waals surface area contributed by atoms with Crippen LogP contribution in [0, 0.1) is 0 Å². The molecule has 1 aromatic rings. The van der Waals surface area contributed by atoms with Crippen LogP contribution >= 0.6 is 0 Å². The average Bonchev–Trinajstić information content (AvgIpc) is 3.03. The molecule has 1 fully saturated rings. The lowest BCUT2D eigenvalue weighted by Crippen LogP contribution is -2.32. The molecule has 0 radical (unpaired) electrons. The van der Waals surface area contributed by atoms with Crippen molar-refractivity contribution in [2.75, 3.05) is 13.7 Å². The van der Waals surface area contributed by atoms with Crippen LogP contribution < -0.4 is 5.32 Å². The molecule has 1 aliphatic carbocycles. The van der Waals surface area contributed by atoms with Gasteiger partial charge in [-0.05, 0) is 19.8 Å². The summed E-state index contributed by atoms with van der Waals surface area (Å²) in [4.78, 5) is 15.8. The van der Waals surface area contributed by atoms with E-state index in [9.17, 15) is 4.79 Å². The van der Waals surface area contributed by atoms with Crippen LogP contribution in [-0.2, 0) is 4.74 Å². The minimum atomic E-state index is -0.257. The van der Waals surface area contributed by atoms with Crippen LogP contribution in [0.4, 0.5) is 0 Å². The summed E-state index contributed by atoms with van der Waals surface area (Å²) in [6, 6.07) is 0. The number of carbonyl (C=O) groups excluding carboxylic acids is 1. The van der Waals surface area contributed by atoms with Gasteiger partial charge >= 0.3 is 0 Å². The molecule has 1 unspecified atom stereocenters. The highest BCUT2D eigenvalue weighted by molar-refractivity contribution is 5.90. The monoisotopic (exact) mass is 224 g/mol. The molecule has 0 aliphatic heterocycles. The molecule has 0 spiro atoms. The highest BCUT2D eigenvalue weighted by atomic mass is 16.5. The zero-order chi connectivity index (χ0) is 11.5. The maximum atomic E-state index is 11.6. The Morgan fingerprint density at radius 2 is 2.44 bits per heavy atom. The molecule has 0 aromatic carbocycles. The lowest BCUT2D eigenvalue weighted by atomic mass is 10.4. The van der Waals surface area contributed by atoms with E-state index in [4.69, 9.17) is 4.74 Å². The molecule has 6 heteroatoms. The first-order valence-electron chi connectivity index (χ1n) is 5.44. The van der Waals surface area contributed by atoms with E-state index in [1.54, 1.807) is 7.11 Å². The zero-order valence-electron chi connectivity index (χ0n) is 9.49. The van der Waals surface area contributed by atoms with Gasteiger partial charge in [-0.1, -0.05) is 0 Å². The lowest BCUT2D eigenvalue weighted by molar-refractivity contribution is 0.0861. The maximum Gasteiger partial charge on any atom is 0.291 e. The van der Waals surface area contributed by atoms with Crippen molar-refractivity contribution < 1.29 is 9.53 Å². The standard InChI is InChI=1S/C10H16N4O2/c1-6(16-2)5-11-10(15)9-12-8(13-14-9)7-3-4-7/h6-7H,3-5H2,1-2H3,(H,11,15)(H,12,13,14). The molecule has 1 atom stereocenters. The number of ether oxygens (including phenoxy) is 1. The third-order valence-corrected chi connectivity index (χ3v) is 2.62. The summed E-state index contributed by atoms with van der Waals surface area (Å²) in [6.45, 7) is 2.34. The predicted molar refractivity (Wildman–Crippen MR) is 57.2 cm³/mol. The highest BCUT2D eigenvalue weighted by Crippen LogP contribution is 2.37. The van der Waals surface area contributed by atoms with Crippen LogP contribution in [0.15, 0.2) is 0 Å². The number of nitrogens with one attached hydrogen (secondary N) is 2. The molecular formula is C10H16N4O2. The minimum absolute atomic E-state index is 0.00852. The predicted octanol–water partition coefficient (Wildman–Crippen LogP) is 0.447. The molecule has 1 heterocycles. The van der Waals surface area contributed by atoms with E-state index in [0.717, 1.165) is 18.7 Å². The molecular weight excluding hydrogens is 208 g/mol. The van der Waals surface area contributed by atoms with Crippen LogP contribution in [0.1, 0.15) is 42.1 Å². The van der Waals surface area contributed by atoms with Crippen molar-refractivity contribution in [1.82, 2.24) is 20.5 Å². The van der Waals surface area contributed by atoms with E-state index in [2.05, 4.69) is 20.5 Å². The van der Waals surface area contributed by atoms with Crippen molar-refractivity contribution in [3.63, 3.8) is 0 Å². The van der Waals surface area contributed by atoms with Gasteiger partial charge in [0.05, 0.1) is 6.10 Å². The number of nitrogens with zero attached hydrogens (tertiary/aromatic N) is 2. The van der Waals surface area contributed by atoms with Gasteiger partial charge in [-0.3, -0.25) is 9.89 Å². The third-order valence-electron chi connectivity index (χ3n) is 2.62. The van der Waals surface area contributed by atoms with Gasteiger partial charge in [0.15, 0.2) is 0 Å². The summed E-state index contributed by atoms with van der Waals surface area (Å²) in [6.07, 6.45) is 2.26. The Hall–Kier alpha value is -1.43. The molecule has 1 aromatic heterocycles. The summed E-state index contributed by atoms with van der Waals surface area (Å²) < 4.78 is 5.03. The van der Waals surface area contributed by atoms with Gasteiger partial charge in [0.2, 0.25) is 5.82 Å². The third kappa shape index (κ3) is 2.57. The number of aromatic amines is 1. The van der Waals surface area contributed by atoms with Gasteiger partial charge in [-0.2, -0.15) is 0 Å². The van der Waals surface area contributed by atoms with Crippen LogP contribution in [0.3, 0.4) is 0 Å². The summed E-state index contributed by atoms with van der Waals surface area (Å²) in [5, 5.41) is 9.40. The average molecular weight is 224 g/mol. The van der Waals surface area contributed by atoms with Gasteiger partial charge in [-0.15, -0.1) is 5.10 Å². The van der Waals surface area contributed by atoms with Gasteiger partial charge in [0.25, 0.3) is 5.91 Å². The van der Waals surface area contributed by atoms with Gasteiger partial charge in [0.1, 0.15) is 5.82 Å². The van der Waals surface area contributed by atoms with Gasteiger partial charge in [-0.25, -0.2) is 4.98 Å². The number of H-pyrrole nitrogens is 1. The molecule has 1 amide bonds. The Bertz CT molecular complexity index is 373. The normalized spacial score (nSPS) is 17.1. The summed E-state index contributed by atoms with van der Waals surface area (Å²) >= 11 is 0. The number of methoxy groups -OCH3 is 1. The second-order valence-corrected chi connectivity index (χ2v) is 4.07. The molecule has 6 nitrogen and oxygen atoms in total. The quantitative estimate of drug-likeness (QED) is 0.760. The Morgan fingerprint density at radius 1 is 1.69 bits per heavy atom. The Labute approximate surface area is 93.8 Å². The molecule has 16 heavy (non-hydrogen) atoms. The highest BCUT2D eigenvalue weighted by Gasteiger charge is 2.28. The number of hydrogen-bond donors (Lipinski definition) is 2. The number of hydrogen-bond acceptors (Lipinski definition) is 4. The molecule has 0 bridgehead atoms. The first-order chi connectivity index (χ1) is 7.70. The number of aromatic nitrogens is 3. The summed E-state index contributed by atoms with van der Waals surface area (Å²) in [7, 11) is 1.61. The van der Waals surface area contributed by atoms with E-state index in [0.29, 0.717) is 12.5 Å². The van der Waals surface area contributed by atoms with E-state index < -0.39 is 0 Å². The van der Waals surface area contributed by atoms with E-state index in [1.807, 2.05) is 6.92 Å². The second kappa shape index (κ2) is 4.61. The maximum absolute atomic E-state index is 11.6. The first kappa shape index (κ1) is 11.1. The van der Waals surface area contributed by atoms with Crippen molar-refractivity contribution in [3.8, 4) is 0 Å². The van der Waals surface area contributed by atoms with Crippen molar-refractivity contribution in [1.29, 1.82) is 0 Å². The molecule has 2 N–H and O–H groups in total. The zero-order valence-corrected chi connectivity index (χ0v) is 9.49. The fraction of sp³-hybridized carbons (Fsp3) is 0.700. The Morgan fingerprint density at radius 3 is 3.06 bits per heavy atom. The van der Waals surface area contributed by atoms with Crippen molar-refractivity contribution in [2.45, 2.75) is 31.8 Å². The Kier molecular flexibility index (Phi) is 3.19. The molecule has 2 rings (SSSR count). The van der Waals surface area contributed by atoms with Crippen LogP contribution in [0.5, 0.6) is 0 Å². The summed E-state index contributed by atoms with van der Waals surface area (Å²) in [5.74, 6) is 1.26. The summed E-state index contributed by atoms with van der Waals surface area (Å²) in [5.41, 5.74) is 0. The first-order valence-corrected chi connectivity index (χ1v) is 5.44. The van der Waals surface area contributed by atoms with Crippen molar-refractivity contribution >= 4 is 5.91 Å². The smallest absolute Gasteiger partial charge is 0.291 e. The molecule has 88 valence electrons. The van der Waals surface area contributed by atoms with E-state index in [-0.39, 0.29) is 17.8 Å². The van der Waals surface area contributed by atoms with Crippen LogP contribution in [0.25, 0.3) is 0 Å². The van der Waals surface area contributed by atoms with Crippen molar-refractivity contribution in [2.24, 2.45) is 0 Å². The molecule has 1 aliphatic rings.